The summed E-state index contributed by atoms with van der Waals surface area (Å²) in [5.41, 5.74) is 1.19. The number of methoxy groups -OCH3 is 1. The molecule has 0 saturated carbocycles. The maximum Gasteiger partial charge on any atom is 0.350 e. The molecule has 0 unspecified atom stereocenters. The van der Waals surface area contributed by atoms with Crippen molar-refractivity contribution in [3.8, 4) is 11.1 Å². The van der Waals surface area contributed by atoms with Gasteiger partial charge in [-0.3, -0.25) is 9.36 Å². The van der Waals surface area contributed by atoms with Crippen LogP contribution in [0, 0.1) is 18.6 Å². The van der Waals surface area contributed by atoms with Gasteiger partial charge >= 0.3 is 5.69 Å². The van der Waals surface area contributed by atoms with E-state index in [-0.39, 0.29) is 29.6 Å². The first-order chi connectivity index (χ1) is 18.2. The smallest absolute Gasteiger partial charge is 0.350 e. The van der Waals surface area contributed by atoms with E-state index in [4.69, 9.17) is 4.74 Å². The molecule has 2 aliphatic rings. The van der Waals surface area contributed by atoms with Gasteiger partial charge in [0.05, 0.1) is 23.7 Å². The van der Waals surface area contributed by atoms with Crippen molar-refractivity contribution >= 4 is 34.4 Å². The van der Waals surface area contributed by atoms with Crippen molar-refractivity contribution in [2.45, 2.75) is 43.8 Å². The zero-order valence-corrected chi connectivity index (χ0v) is 22.6. The number of nitrogens with zero attached hydrogens (tertiary/aromatic N) is 4. The topological polar surface area (TPSA) is 67.7 Å². The van der Waals surface area contributed by atoms with Gasteiger partial charge in [-0.15, -0.1) is 11.8 Å². The fourth-order valence-electron chi connectivity index (χ4n) is 5.86. The van der Waals surface area contributed by atoms with Crippen molar-refractivity contribution in [3.05, 3.63) is 64.6 Å². The number of halogens is 2. The highest BCUT2D eigenvalue weighted by Crippen LogP contribution is 2.47. The van der Waals surface area contributed by atoms with Crippen LogP contribution in [-0.4, -0.2) is 65.0 Å². The monoisotopic (exact) mass is 540 g/mol. The van der Waals surface area contributed by atoms with E-state index in [9.17, 15) is 9.59 Å². The Morgan fingerprint density at radius 1 is 1.21 bits per heavy atom. The van der Waals surface area contributed by atoms with Gasteiger partial charge in [-0.05, 0) is 50.6 Å². The quantitative estimate of drug-likeness (QED) is 0.443. The molecule has 3 atom stereocenters. The number of amides is 1. The summed E-state index contributed by atoms with van der Waals surface area (Å²) < 4.78 is 37.0. The van der Waals surface area contributed by atoms with Crippen molar-refractivity contribution in [2.24, 2.45) is 0 Å². The lowest BCUT2D eigenvalue weighted by Gasteiger charge is -2.45. The number of carbonyl (C=O) groups is 1. The molecule has 0 radical (unpaired) electrons. The third kappa shape index (κ3) is 4.19. The first kappa shape index (κ1) is 26.4. The number of benzene rings is 2. The van der Waals surface area contributed by atoms with Crippen LogP contribution in [-0.2, 0) is 9.53 Å². The lowest BCUT2D eigenvalue weighted by Crippen LogP contribution is -2.58. The Morgan fingerprint density at radius 3 is 2.47 bits per heavy atom. The largest absolute Gasteiger partial charge is 0.383 e. The number of piperazine rings is 1. The van der Waals surface area contributed by atoms with Gasteiger partial charge < -0.3 is 14.5 Å². The lowest BCUT2D eigenvalue weighted by molar-refractivity contribution is -0.130. The van der Waals surface area contributed by atoms with Crippen LogP contribution < -0.4 is 10.6 Å². The highest BCUT2D eigenvalue weighted by molar-refractivity contribution is 7.99. The summed E-state index contributed by atoms with van der Waals surface area (Å²) in [6, 6.07) is 5.13. The third-order valence-corrected chi connectivity index (χ3v) is 8.58. The molecule has 200 valence electrons. The second-order valence-corrected chi connectivity index (χ2v) is 11.0. The molecule has 3 aromatic rings. The molecule has 38 heavy (non-hydrogen) atoms. The number of hydrogen-bond acceptors (Lipinski definition) is 6. The lowest BCUT2D eigenvalue weighted by atomic mass is 9.96. The van der Waals surface area contributed by atoms with Gasteiger partial charge in [-0.1, -0.05) is 12.6 Å². The number of carbonyl (C=O) groups excluding carboxylic acids is 1. The van der Waals surface area contributed by atoms with E-state index >= 15 is 8.78 Å². The molecule has 2 aliphatic heterocycles. The summed E-state index contributed by atoms with van der Waals surface area (Å²) in [5.74, 6) is -0.441. The van der Waals surface area contributed by atoms with Crippen LogP contribution in [0.3, 0.4) is 0 Å². The normalized spacial score (nSPS) is 21.2. The Hall–Kier alpha value is -3.24. The number of anilines is 1. The number of thioether (sulfide) groups is 1. The van der Waals surface area contributed by atoms with Crippen molar-refractivity contribution in [3.63, 3.8) is 0 Å². The van der Waals surface area contributed by atoms with Crippen molar-refractivity contribution in [1.82, 2.24) is 14.5 Å². The molecule has 0 aliphatic carbocycles. The molecule has 0 spiro atoms. The number of aryl methyl sites for hydroxylation is 1. The summed E-state index contributed by atoms with van der Waals surface area (Å²) in [4.78, 5) is 35.0. The van der Waals surface area contributed by atoms with Gasteiger partial charge in [0.15, 0.2) is 0 Å². The van der Waals surface area contributed by atoms with Crippen LogP contribution in [0.15, 0.2) is 46.6 Å². The van der Waals surface area contributed by atoms with Gasteiger partial charge in [0.1, 0.15) is 17.5 Å². The minimum atomic E-state index is -0.655. The molecule has 3 heterocycles. The fraction of sp³-hybridized carbons (Fsp3) is 0.393. The highest BCUT2D eigenvalue weighted by Gasteiger charge is 2.36. The van der Waals surface area contributed by atoms with E-state index in [1.807, 2.05) is 31.7 Å². The van der Waals surface area contributed by atoms with Crippen LogP contribution >= 0.6 is 11.8 Å². The summed E-state index contributed by atoms with van der Waals surface area (Å²) in [5, 5.41) is 0.730. The van der Waals surface area contributed by atoms with E-state index in [0.717, 1.165) is 5.39 Å². The number of rotatable bonds is 5. The molecule has 1 fully saturated rings. The summed E-state index contributed by atoms with van der Waals surface area (Å²) >= 11 is 1.47. The number of hydrogen-bond donors (Lipinski definition) is 0. The molecular formula is C28H30F2N4O3S. The number of ether oxygens (including phenoxy) is 1. The Morgan fingerprint density at radius 2 is 1.87 bits per heavy atom. The average Bonchev–Trinajstić information content (AvgIpc) is 2.87. The summed E-state index contributed by atoms with van der Waals surface area (Å²) in [6.07, 6.45) is 1.32. The Balaban J connectivity index is 1.77. The fourth-order valence-corrected chi connectivity index (χ4v) is 7.22. The van der Waals surface area contributed by atoms with Crippen molar-refractivity contribution in [2.75, 3.05) is 37.5 Å². The Bertz CT molecular complexity index is 1480. The highest BCUT2D eigenvalue weighted by atomic mass is 32.2. The molecule has 0 bridgehead atoms. The summed E-state index contributed by atoms with van der Waals surface area (Å²) in [6.45, 7) is 10.6. The van der Waals surface area contributed by atoms with Crippen LogP contribution in [0.4, 0.5) is 14.6 Å². The van der Waals surface area contributed by atoms with Crippen molar-refractivity contribution < 1.29 is 18.3 Å². The second kappa shape index (κ2) is 10.1. The minimum absolute atomic E-state index is 0.101. The predicted molar refractivity (Wildman–Crippen MR) is 146 cm³/mol. The standard InChI is InChI=1S/C28H30F2N4O3S/c1-6-22(35)33-16(3)11-32(12-17(33)4)27-19-10-15(2)23(24-20(29)8-7-9-21(24)30)26-25(19)34(28(36)31-27)18(13-37-5)14-38-26/h6-10,16-18H,1,11-14H2,2-5H3/t16-,17+,18-/m0/s1. The van der Waals surface area contributed by atoms with Crippen LogP contribution in [0.1, 0.15) is 25.5 Å². The van der Waals surface area contributed by atoms with Gasteiger partial charge in [0, 0.05) is 53.9 Å². The molecule has 2 aromatic carbocycles. The van der Waals surface area contributed by atoms with E-state index in [0.29, 0.717) is 52.8 Å². The molecule has 1 amide bonds. The molecule has 1 saturated heterocycles. The molecule has 5 rings (SSSR count). The SMILES string of the molecule is C=CC(=O)N1[C@H](C)CN(c2nc(=O)n3c4c(c(-c5c(F)cccc5F)c(C)cc24)SC[C@@H]3COC)C[C@@H]1C. The van der Waals surface area contributed by atoms with Gasteiger partial charge in [-0.25, -0.2) is 13.6 Å². The molecule has 7 nitrogen and oxygen atoms in total. The molecular weight excluding hydrogens is 510 g/mol. The van der Waals surface area contributed by atoms with E-state index in [2.05, 4.69) is 11.6 Å². The van der Waals surface area contributed by atoms with E-state index < -0.39 is 17.3 Å². The van der Waals surface area contributed by atoms with Crippen LogP contribution in [0.5, 0.6) is 0 Å². The zero-order valence-electron chi connectivity index (χ0n) is 21.8. The molecule has 0 N–H and O–H groups in total. The average molecular weight is 541 g/mol. The van der Waals surface area contributed by atoms with E-state index in [1.165, 1.54) is 36.0 Å². The molecule has 1 aromatic heterocycles. The first-order valence-electron chi connectivity index (χ1n) is 12.5. The molecule has 10 heteroatoms. The van der Waals surface area contributed by atoms with Gasteiger partial charge in [0.2, 0.25) is 5.91 Å². The minimum Gasteiger partial charge on any atom is -0.383 e. The number of aromatic nitrogens is 2. The van der Waals surface area contributed by atoms with Gasteiger partial charge in [0.25, 0.3) is 0 Å². The van der Waals surface area contributed by atoms with E-state index in [1.54, 1.807) is 16.6 Å². The van der Waals surface area contributed by atoms with Crippen molar-refractivity contribution in [1.29, 1.82) is 0 Å². The van der Waals surface area contributed by atoms with Gasteiger partial charge in [-0.2, -0.15) is 4.98 Å². The zero-order chi connectivity index (χ0) is 27.3. The maximum absolute atomic E-state index is 15.0. The van der Waals surface area contributed by atoms with Crippen LogP contribution in [0.25, 0.3) is 22.0 Å². The first-order valence-corrected chi connectivity index (χ1v) is 13.5. The van der Waals surface area contributed by atoms with Crippen LogP contribution in [0.2, 0.25) is 0 Å². The summed E-state index contributed by atoms with van der Waals surface area (Å²) in [7, 11) is 1.58. The maximum atomic E-state index is 15.0. The predicted octanol–water partition coefficient (Wildman–Crippen LogP) is 4.55. The Labute approximate surface area is 224 Å². The second-order valence-electron chi connectivity index (χ2n) is 9.95. The Kier molecular flexibility index (Phi) is 7.04. The third-order valence-electron chi connectivity index (χ3n) is 7.35.